The lowest BCUT2D eigenvalue weighted by molar-refractivity contribution is 0.0704. The summed E-state index contributed by atoms with van der Waals surface area (Å²) in [5, 5.41) is 3.58. The molecule has 5 nitrogen and oxygen atoms in total. The molecule has 1 aliphatic heterocycles. The summed E-state index contributed by atoms with van der Waals surface area (Å²) in [6.07, 6.45) is 5.59. The fraction of sp³-hybridized carbons (Fsp3) is 0.400. The van der Waals surface area contributed by atoms with Gasteiger partial charge in [0.15, 0.2) is 0 Å². The fourth-order valence-electron chi connectivity index (χ4n) is 3.09. The van der Waals surface area contributed by atoms with Crippen LogP contribution in [0.2, 0.25) is 0 Å². The number of nitrogens with zero attached hydrogens (tertiary/aromatic N) is 2. The number of amides is 1. The second kappa shape index (κ2) is 10.1. The first-order valence-corrected chi connectivity index (χ1v) is 8.90. The number of hydrogen-bond acceptors (Lipinski definition) is 4. The topological polar surface area (TPSA) is 54.5 Å². The van der Waals surface area contributed by atoms with Crippen LogP contribution in [0, 0.1) is 0 Å². The summed E-state index contributed by atoms with van der Waals surface area (Å²) in [6, 6.07) is 11.9. The first kappa shape index (κ1) is 20.2. The van der Waals surface area contributed by atoms with Crippen LogP contribution in [-0.2, 0) is 6.54 Å². The van der Waals surface area contributed by atoms with Crippen molar-refractivity contribution >= 4 is 18.3 Å². The number of aromatic nitrogens is 1. The molecule has 1 N–H and O–H groups in total. The van der Waals surface area contributed by atoms with Crippen LogP contribution >= 0.6 is 12.4 Å². The summed E-state index contributed by atoms with van der Waals surface area (Å²) in [6.45, 7) is 5.01. The largest absolute Gasteiger partial charge is 0.494 e. The second-order valence-electron chi connectivity index (χ2n) is 6.26. The van der Waals surface area contributed by atoms with Crippen molar-refractivity contribution in [1.82, 2.24) is 15.2 Å². The van der Waals surface area contributed by atoms with Gasteiger partial charge in [-0.1, -0.05) is 0 Å². The van der Waals surface area contributed by atoms with Crippen molar-refractivity contribution in [3.05, 3.63) is 59.9 Å². The molecular formula is C20H26ClN3O2. The molecule has 3 rings (SSSR count). The molecule has 1 amide bonds. The number of benzene rings is 1. The van der Waals surface area contributed by atoms with Gasteiger partial charge in [0.25, 0.3) is 5.91 Å². The lowest BCUT2D eigenvalue weighted by Gasteiger charge is -2.32. The van der Waals surface area contributed by atoms with E-state index in [0.29, 0.717) is 12.6 Å². The predicted molar refractivity (Wildman–Crippen MR) is 105 cm³/mol. The summed E-state index contributed by atoms with van der Waals surface area (Å²) < 4.78 is 5.43. The Kier molecular flexibility index (Phi) is 7.88. The number of piperidine rings is 1. The molecule has 26 heavy (non-hydrogen) atoms. The van der Waals surface area contributed by atoms with Crippen LogP contribution in [0.4, 0.5) is 0 Å². The van der Waals surface area contributed by atoms with Crippen LogP contribution in [0.25, 0.3) is 0 Å². The first-order chi connectivity index (χ1) is 12.3. The van der Waals surface area contributed by atoms with Crippen molar-refractivity contribution in [3.63, 3.8) is 0 Å². The molecule has 0 unspecified atom stereocenters. The molecule has 6 heteroatoms. The van der Waals surface area contributed by atoms with Gasteiger partial charge in [0.05, 0.1) is 6.61 Å². The van der Waals surface area contributed by atoms with E-state index in [0.717, 1.165) is 43.8 Å². The zero-order valence-electron chi connectivity index (χ0n) is 15.1. The SMILES string of the molecule is CCOc1ccc(C(=O)N2CCC(NCc3ccncc3)CC2)cc1.Cl. The molecular weight excluding hydrogens is 350 g/mol. The molecule has 1 aliphatic rings. The molecule has 0 spiro atoms. The van der Waals surface area contributed by atoms with Crippen LogP contribution in [0.5, 0.6) is 5.75 Å². The van der Waals surface area contributed by atoms with Crippen molar-refractivity contribution in [1.29, 1.82) is 0 Å². The molecule has 1 fully saturated rings. The Morgan fingerprint density at radius 2 is 1.81 bits per heavy atom. The van der Waals surface area contributed by atoms with Gasteiger partial charge in [0.1, 0.15) is 5.75 Å². The van der Waals surface area contributed by atoms with E-state index in [1.807, 2.05) is 60.6 Å². The zero-order valence-corrected chi connectivity index (χ0v) is 15.9. The highest BCUT2D eigenvalue weighted by Crippen LogP contribution is 2.17. The molecule has 0 saturated carbocycles. The van der Waals surface area contributed by atoms with Crippen molar-refractivity contribution in [2.45, 2.75) is 32.4 Å². The zero-order chi connectivity index (χ0) is 17.5. The highest BCUT2D eigenvalue weighted by molar-refractivity contribution is 5.94. The lowest BCUT2D eigenvalue weighted by Crippen LogP contribution is -2.44. The minimum absolute atomic E-state index is 0. The van der Waals surface area contributed by atoms with Crippen molar-refractivity contribution in [3.8, 4) is 5.75 Å². The third-order valence-electron chi connectivity index (χ3n) is 4.54. The number of halogens is 1. The van der Waals surface area contributed by atoms with Gasteiger partial charge >= 0.3 is 0 Å². The number of ether oxygens (including phenoxy) is 1. The van der Waals surface area contributed by atoms with E-state index in [4.69, 9.17) is 4.74 Å². The van der Waals surface area contributed by atoms with Gasteiger partial charge in [0, 0.05) is 43.6 Å². The smallest absolute Gasteiger partial charge is 0.253 e. The summed E-state index contributed by atoms with van der Waals surface area (Å²) in [7, 11) is 0. The van der Waals surface area contributed by atoms with E-state index >= 15 is 0 Å². The maximum atomic E-state index is 12.6. The minimum Gasteiger partial charge on any atom is -0.494 e. The number of nitrogens with one attached hydrogen (secondary N) is 1. The van der Waals surface area contributed by atoms with Gasteiger partial charge in [0.2, 0.25) is 0 Å². The number of hydrogen-bond donors (Lipinski definition) is 1. The van der Waals surface area contributed by atoms with Crippen LogP contribution in [0.15, 0.2) is 48.8 Å². The van der Waals surface area contributed by atoms with Gasteiger partial charge < -0.3 is 15.0 Å². The Morgan fingerprint density at radius 3 is 2.42 bits per heavy atom. The molecule has 1 aromatic heterocycles. The van der Waals surface area contributed by atoms with Crippen LogP contribution in [-0.4, -0.2) is 41.5 Å². The number of rotatable bonds is 6. The summed E-state index contributed by atoms with van der Waals surface area (Å²) in [4.78, 5) is 18.6. The van der Waals surface area contributed by atoms with Gasteiger partial charge in [-0.05, 0) is 61.7 Å². The Hall–Kier alpha value is -2.11. The van der Waals surface area contributed by atoms with Crippen molar-refractivity contribution < 1.29 is 9.53 Å². The van der Waals surface area contributed by atoms with E-state index < -0.39 is 0 Å². The number of likely N-dealkylation sites (tertiary alicyclic amines) is 1. The van der Waals surface area contributed by atoms with Gasteiger partial charge in [-0.25, -0.2) is 0 Å². The van der Waals surface area contributed by atoms with E-state index in [1.165, 1.54) is 5.56 Å². The molecule has 0 atom stereocenters. The highest BCUT2D eigenvalue weighted by atomic mass is 35.5. The van der Waals surface area contributed by atoms with E-state index in [-0.39, 0.29) is 18.3 Å². The maximum absolute atomic E-state index is 12.6. The third kappa shape index (κ3) is 5.44. The maximum Gasteiger partial charge on any atom is 0.253 e. The Morgan fingerprint density at radius 1 is 1.15 bits per heavy atom. The quantitative estimate of drug-likeness (QED) is 0.841. The standard InChI is InChI=1S/C20H25N3O2.ClH/c1-2-25-19-5-3-17(4-6-19)20(24)23-13-9-18(10-14-23)22-15-16-7-11-21-12-8-16;/h3-8,11-12,18,22H,2,9-10,13-15H2,1H3;1H. The molecule has 0 radical (unpaired) electrons. The van der Waals surface area contributed by atoms with Crippen molar-refractivity contribution in [2.75, 3.05) is 19.7 Å². The predicted octanol–water partition coefficient (Wildman–Crippen LogP) is 3.30. The lowest BCUT2D eigenvalue weighted by atomic mass is 10.0. The molecule has 0 aliphatic carbocycles. The Bertz CT molecular complexity index is 671. The number of carbonyl (C=O) groups is 1. The van der Waals surface area contributed by atoms with Gasteiger partial charge in [-0.2, -0.15) is 0 Å². The number of pyridine rings is 1. The summed E-state index contributed by atoms with van der Waals surface area (Å²) >= 11 is 0. The van der Waals surface area contributed by atoms with Gasteiger partial charge in [-0.3, -0.25) is 9.78 Å². The first-order valence-electron chi connectivity index (χ1n) is 8.90. The van der Waals surface area contributed by atoms with Gasteiger partial charge in [-0.15, -0.1) is 12.4 Å². The average molecular weight is 376 g/mol. The van der Waals surface area contributed by atoms with Crippen LogP contribution in [0.3, 0.4) is 0 Å². The van der Waals surface area contributed by atoms with Crippen LogP contribution in [0.1, 0.15) is 35.7 Å². The summed E-state index contributed by atoms with van der Waals surface area (Å²) in [5.41, 5.74) is 1.97. The number of carbonyl (C=O) groups excluding carboxylic acids is 1. The molecule has 1 aromatic carbocycles. The van der Waals surface area contributed by atoms with E-state index in [9.17, 15) is 4.79 Å². The summed E-state index contributed by atoms with van der Waals surface area (Å²) in [5.74, 6) is 0.911. The second-order valence-corrected chi connectivity index (χ2v) is 6.26. The molecule has 140 valence electrons. The normalized spacial score (nSPS) is 14.6. The Labute approximate surface area is 161 Å². The fourth-order valence-corrected chi connectivity index (χ4v) is 3.09. The average Bonchev–Trinajstić information content (AvgIpc) is 2.68. The minimum atomic E-state index is 0. The molecule has 0 bridgehead atoms. The monoisotopic (exact) mass is 375 g/mol. The third-order valence-corrected chi connectivity index (χ3v) is 4.54. The van der Waals surface area contributed by atoms with E-state index in [2.05, 4.69) is 10.3 Å². The van der Waals surface area contributed by atoms with Crippen molar-refractivity contribution in [2.24, 2.45) is 0 Å². The molecule has 2 heterocycles. The highest BCUT2D eigenvalue weighted by Gasteiger charge is 2.23. The molecule has 1 saturated heterocycles. The Balaban J connectivity index is 0.00000243. The van der Waals surface area contributed by atoms with E-state index in [1.54, 1.807) is 0 Å². The molecule has 2 aromatic rings. The van der Waals surface area contributed by atoms with Crippen LogP contribution < -0.4 is 10.1 Å².